The first-order chi connectivity index (χ1) is 11.6. The average molecular weight is 344 g/mol. The molecule has 1 unspecified atom stereocenters. The normalized spacial score (nSPS) is 12.1. The molecule has 0 radical (unpaired) electrons. The van der Waals surface area contributed by atoms with E-state index in [2.05, 4.69) is 17.2 Å². The first-order valence-electron chi connectivity index (χ1n) is 7.75. The number of furan rings is 1. The highest BCUT2D eigenvalue weighted by Gasteiger charge is 2.14. The minimum Gasteiger partial charge on any atom is -0.451 e. The number of halogens is 1. The summed E-state index contributed by atoms with van der Waals surface area (Å²) in [5, 5.41) is 3.46. The molecular formula is C18H18ClN3O2. The molecule has 124 valence electrons. The molecule has 0 aliphatic heterocycles. The third kappa shape index (κ3) is 3.68. The number of imidazole rings is 1. The maximum absolute atomic E-state index is 12.2. The molecule has 0 spiro atoms. The van der Waals surface area contributed by atoms with Gasteiger partial charge in [0.15, 0.2) is 5.76 Å². The van der Waals surface area contributed by atoms with Crippen molar-refractivity contribution in [1.82, 2.24) is 14.9 Å². The van der Waals surface area contributed by atoms with Gasteiger partial charge in [-0.3, -0.25) is 4.79 Å². The number of hydrogen-bond acceptors (Lipinski definition) is 3. The number of benzene rings is 1. The average Bonchev–Trinajstić information content (AvgIpc) is 3.27. The van der Waals surface area contributed by atoms with Gasteiger partial charge in [-0.25, -0.2) is 4.98 Å². The summed E-state index contributed by atoms with van der Waals surface area (Å²) in [5.41, 5.74) is 0.770. The monoisotopic (exact) mass is 343 g/mol. The van der Waals surface area contributed by atoms with E-state index < -0.39 is 0 Å². The van der Waals surface area contributed by atoms with Crippen LogP contribution in [0.2, 0.25) is 5.02 Å². The van der Waals surface area contributed by atoms with Gasteiger partial charge in [0.05, 0.1) is 11.3 Å². The van der Waals surface area contributed by atoms with Crippen molar-refractivity contribution >= 4 is 17.5 Å². The Morgan fingerprint density at radius 3 is 2.92 bits per heavy atom. The molecule has 0 aliphatic carbocycles. The molecule has 24 heavy (non-hydrogen) atoms. The second-order valence-electron chi connectivity index (χ2n) is 5.55. The first kappa shape index (κ1) is 16.3. The van der Waals surface area contributed by atoms with Crippen LogP contribution in [0.3, 0.4) is 0 Å². The molecule has 0 aliphatic rings. The maximum atomic E-state index is 12.2. The number of carbonyl (C=O) groups excluding carboxylic acids is 1. The van der Waals surface area contributed by atoms with E-state index in [1.54, 1.807) is 30.7 Å². The zero-order valence-electron chi connectivity index (χ0n) is 13.3. The van der Waals surface area contributed by atoms with Crippen LogP contribution in [0.4, 0.5) is 0 Å². The number of nitrogens with zero attached hydrogens (tertiary/aromatic N) is 2. The molecule has 1 N–H and O–H groups in total. The van der Waals surface area contributed by atoms with Crippen LogP contribution in [0.5, 0.6) is 0 Å². The molecule has 1 aromatic carbocycles. The number of amides is 1. The van der Waals surface area contributed by atoms with Crippen LogP contribution in [0.1, 0.15) is 29.9 Å². The van der Waals surface area contributed by atoms with Gasteiger partial charge in [0.25, 0.3) is 5.91 Å². The Balaban J connectivity index is 1.57. The molecule has 2 aromatic heterocycles. The quantitative estimate of drug-likeness (QED) is 0.730. The van der Waals surface area contributed by atoms with E-state index in [1.165, 1.54) is 0 Å². The van der Waals surface area contributed by atoms with Crippen molar-refractivity contribution in [2.75, 3.05) is 6.54 Å². The maximum Gasteiger partial charge on any atom is 0.287 e. The Kier molecular flexibility index (Phi) is 5.01. The molecule has 0 bridgehead atoms. The van der Waals surface area contributed by atoms with Gasteiger partial charge in [-0.1, -0.05) is 23.7 Å². The highest BCUT2D eigenvalue weighted by Crippen LogP contribution is 2.28. The van der Waals surface area contributed by atoms with E-state index in [9.17, 15) is 4.79 Å². The van der Waals surface area contributed by atoms with Crippen molar-refractivity contribution < 1.29 is 9.21 Å². The minimum atomic E-state index is -0.230. The summed E-state index contributed by atoms with van der Waals surface area (Å²) in [6.45, 7) is 2.64. The lowest BCUT2D eigenvalue weighted by atomic mass is 10.2. The van der Waals surface area contributed by atoms with Crippen LogP contribution >= 0.6 is 11.6 Å². The highest BCUT2D eigenvalue weighted by atomic mass is 35.5. The zero-order chi connectivity index (χ0) is 16.9. The van der Waals surface area contributed by atoms with Crippen LogP contribution in [0.15, 0.2) is 59.5 Å². The lowest BCUT2D eigenvalue weighted by Crippen LogP contribution is -2.25. The molecule has 0 saturated heterocycles. The van der Waals surface area contributed by atoms with Gasteiger partial charge < -0.3 is 14.3 Å². The Bertz CT molecular complexity index is 811. The third-order valence-corrected chi connectivity index (χ3v) is 4.18. The van der Waals surface area contributed by atoms with Crippen LogP contribution in [0, 0.1) is 0 Å². The van der Waals surface area contributed by atoms with Crippen molar-refractivity contribution in [1.29, 1.82) is 0 Å². The molecule has 6 heteroatoms. The van der Waals surface area contributed by atoms with Crippen LogP contribution < -0.4 is 5.32 Å². The van der Waals surface area contributed by atoms with Gasteiger partial charge in [-0.05, 0) is 37.6 Å². The molecule has 3 rings (SSSR count). The van der Waals surface area contributed by atoms with Gasteiger partial charge in [0.2, 0.25) is 0 Å². The number of hydrogen-bond donors (Lipinski definition) is 1. The van der Waals surface area contributed by atoms with E-state index in [-0.39, 0.29) is 17.7 Å². The number of aromatic nitrogens is 2. The van der Waals surface area contributed by atoms with Gasteiger partial charge >= 0.3 is 0 Å². The van der Waals surface area contributed by atoms with Gasteiger partial charge in [0.1, 0.15) is 5.76 Å². The van der Waals surface area contributed by atoms with Gasteiger partial charge in [-0.15, -0.1) is 0 Å². The second-order valence-corrected chi connectivity index (χ2v) is 5.95. The first-order valence-corrected chi connectivity index (χ1v) is 8.13. The van der Waals surface area contributed by atoms with Gasteiger partial charge in [-0.2, -0.15) is 0 Å². The van der Waals surface area contributed by atoms with Crippen LogP contribution in [-0.2, 0) is 0 Å². The van der Waals surface area contributed by atoms with Crippen molar-refractivity contribution in [3.63, 3.8) is 0 Å². The van der Waals surface area contributed by atoms with E-state index in [1.807, 2.05) is 29.0 Å². The van der Waals surface area contributed by atoms with E-state index in [0.29, 0.717) is 17.3 Å². The van der Waals surface area contributed by atoms with E-state index >= 15 is 0 Å². The lowest BCUT2D eigenvalue weighted by molar-refractivity contribution is 0.0925. The van der Waals surface area contributed by atoms with Crippen molar-refractivity contribution in [2.24, 2.45) is 0 Å². The zero-order valence-corrected chi connectivity index (χ0v) is 14.0. The summed E-state index contributed by atoms with van der Waals surface area (Å²) < 4.78 is 7.64. The minimum absolute atomic E-state index is 0.230. The summed E-state index contributed by atoms with van der Waals surface area (Å²) in [7, 11) is 0. The molecule has 2 heterocycles. The fraction of sp³-hybridized carbons (Fsp3) is 0.222. The summed E-state index contributed by atoms with van der Waals surface area (Å²) in [4.78, 5) is 16.2. The fourth-order valence-electron chi connectivity index (χ4n) is 2.43. The van der Waals surface area contributed by atoms with Crippen molar-refractivity contribution in [3.8, 4) is 11.3 Å². The predicted octanol–water partition coefficient (Wildman–Crippen LogP) is 4.18. The summed E-state index contributed by atoms with van der Waals surface area (Å²) in [6.07, 6.45) is 6.23. The summed E-state index contributed by atoms with van der Waals surface area (Å²) >= 11 is 6.15. The molecule has 1 atom stereocenters. The molecule has 0 fully saturated rings. The fourth-order valence-corrected chi connectivity index (χ4v) is 2.66. The molecule has 0 saturated carbocycles. The number of nitrogens with one attached hydrogen (secondary N) is 1. The third-order valence-electron chi connectivity index (χ3n) is 3.85. The van der Waals surface area contributed by atoms with Gasteiger partial charge in [0, 0.05) is 30.5 Å². The molecular weight excluding hydrogens is 326 g/mol. The molecule has 5 nitrogen and oxygen atoms in total. The van der Waals surface area contributed by atoms with E-state index in [4.69, 9.17) is 16.0 Å². The Morgan fingerprint density at radius 1 is 1.33 bits per heavy atom. The Hall–Kier alpha value is -2.53. The smallest absolute Gasteiger partial charge is 0.287 e. The van der Waals surface area contributed by atoms with Crippen LogP contribution in [-0.4, -0.2) is 22.0 Å². The number of carbonyl (C=O) groups is 1. The van der Waals surface area contributed by atoms with Crippen molar-refractivity contribution in [3.05, 3.63) is 65.9 Å². The molecule has 3 aromatic rings. The van der Waals surface area contributed by atoms with E-state index in [0.717, 1.165) is 12.0 Å². The lowest BCUT2D eigenvalue weighted by Gasteiger charge is -2.12. The van der Waals surface area contributed by atoms with Crippen molar-refractivity contribution in [2.45, 2.75) is 19.4 Å². The SMILES string of the molecule is CC(CCNC(=O)c1ccc(-c2ccccc2Cl)o1)n1ccnc1. The topological polar surface area (TPSA) is 60.1 Å². The molecule has 1 amide bonds. The largest absolute Gasteiger partial charge is 0.451 e. The summed E-state index contributed by atoms with van der Waals surface area (Å²) in [6, 6.07) is 11.1. The van der Waals surface area contributed by atoms with Crippen LogP contribution in [0.25, 0.3) is 11.3 Å². The summed E-state index contributed by atoms with van der Waals surface area (Å²) in [5.74, 6) is 0.629. The Morgan fingerprint density at radius 2 is 2.17 bits per heavy atom. The Labute approximate surface area is 145 Å². The standard InChI is InChI=1S/C18H18ClN3O2/c1-13(22-11-10-20-12-22)8-9-21-18(23)17-7-6-16(24-17)14-4-2-3-5-15(14)19/h2-7,10-13H,8-9H2,1H3,(H,21,23). The second kappa shape index (κ2) is 7.36. The highest BCUT2D eigenvalue weighted by molar-refractivity contribution is 6.33. The predicted molar refractivity (Wildman–Crippen MR) is 93.0 cm³/mol. The number of rotatable bonds is 6.